The van der Waals surface area contributed by atoms with Crippen molar-refractivity contribution in [2.45, 2.75) is 6.54 Å². The third-order valence-corrected chi connectivity index (χ3v) is 4.98. The summed E-state index contributed by atoms with van der Waals surface area (Å²) in [4.78, 5) is 26.6. The van der Waals surface area contributed by atoms with Crippen LogP contribution in [0.4, 0.5) is 5.69 Å². The number of rotatable bonds is 6. The second-order valence-electron chi connectivity index (χ2n) is 6.88. The van der Waals surface area contributed by atoms with E-state index in [1.165, 1.54) is 24.3 Å². The van der Waals surface area contributed by atoms with Gasteiger partial charge in [-0.3, -0.25) is 19.8 Å². The van der Waals surface area contributed by atoms with Crippen LogP contribution in [0, 0.1) is 10.1 Å². The molecular formula is C20H21N3O6. The molecule has 2 aromatic carbocycles. The van der Waals surface area contributed by atoms with Gasteiger partial charge in [-0.15, -0.1) is 0 Å². The van der Waals surface area contributed by atoms with Gasteiger partial charge < -0.3 is 19.1 Å². The molecule has 2 aliphatic rings. The van der Waals surface area contributed by atoms with E-state index in [4.69, 9.17) is 14.2 Å². The first-order valence-corrected chi connectivity index (χ1v) is 9.34. The Kier molecular flexibility index (Phi) is 5.48. The van der Waals surface area contributed by atoms with Crippen LogP contribution in [0.1, 0.15) is 5.56 Å². The van der Waals surface area contributed by atoms with E-state index in [1.54, 1.807) is 4.90 Å². The fraction of sp³-hybridized carbons (Fsp3) is 0.350. The topological polar surface area (TPSA) is 94.4 Å². The number of benzene rings is 2. The molecule has 4 rings (SSSR count). The van der Waals surface area contributed by atoms with Crippen LogP contribution in [0.2, 0.25) is 0 Å². The lowest BCUT2D eigenvalue weighted by Crippen LogP contribution is -2.49. The van der Waals surface area contributed by atoms with Gasteiger partial charge in [-0.25, -0.2) is 0 Å². The highest BCUT2D eigenvalue weighted by Gasteiger charge is 2.22. The van der Waals surface area contributed by atoms with Crippen molar-refractivity contribution < 1.29 is 23.9 Å². The maximum Gasteiger partial charge on any atom is 0.269 e. The Balaban J connectivity index is 1.22. The summed E-state index contributed by atoms with van der Waals surface area (Å²) in [6.45, 7) is 3.79. The molecule has 0 radical (unpaired) electrons. The Morgan fingerprint density at radius 1 is 1.03 bits per heavy atom. The monoisotopic (exact) mass is 399 g/mol. The van der Waals surface area contributed by atoms with Gasteiger partial charge in [-0.2, -0.15) is 0 Å². The molecule has 2 aromatic rings. The lowest BCUT2D eigenvalue weighted by atomic mass is 10.1. The first kappa shape index (κ1) is 19.0. The Labute approximate surface area is 167 Å². The Morgan fingerprint density at radius 3 is 2.48 bits per heavy atom. The van der Waals surface area contributed by atoms with Crippen molar-refractivity contribution >= 4 is 11.6 Å². The van der Waals surface area contributed by atoms with Crippen LogP contribution in [-0.4, -0.2) is 60.2 Å². The Bertz CT molecular complexity index is 894. The second kappa shape index (κ2) is 8.36. The van der Waals surface area contributed by atoms with Crippen LogP contribution in [-0.2, 0) is 11.3 Å². The summed E-state index contributed by atoms with van der Waals surface area (Å²) in [5.74, 6) is 1.90. The van der Waals surface area contributed by atoms with Crippen molar-refractivity contribution in [3.63, 3.8) is 0 Å². The zero-order chi connectivity index (χ0) is 20.2. The van der Waals surface area contributed by atoms with E-state index in [9.17, 15) is 14.9 Å². The third-order valence-electron chi connectivity index (χ3n) is 4.98. The number of nitrogens with zero attached hydrogens (tertiary/aromatic N) is 3. The summed E-state index contributed by atoms with van der Waals surface area (Å²) in [6.07, 6.45) is 0. The van der Waals surface area contributed by atoms with Gasteiger partial charge in [0.25, 0.3) is 11.6 Å². The summed E-state index contributed by atoms with van der Waals surface area (Å²) in [7, 11) is 0. The standard InChI is InChI=1S/C20H21N3O6/c24-20(13-27-17-4-2-16(3-5-17)23(25)26)22-9-7-21(8-10-22)12-15-1-6-18-19(11-15)29-14-28-18/h1-6,11H,7-10,12-14H2. The number of ether oxygens (including phenoxy) is 3. The molecule has 9 heteroatoms. The number of hydrogen-bond acceptors (Lipinski definition) is 7. The molecular weight excluding hydrogens is 378 g/mol. The van der Waals surface area contributed by atoms with Crippen molar-refractivity contribution in [2.24, 2.45) is 0 Å². The average molecular weight is 399 g/mol. The molecule has 0 bridgehead atoms. The predicted octanol–water partition coefficient (Wildman–Crippen LogP) is 2.05. The lowest BCUT2D eigenvalue weighted by Gasteiger charge is -2.34. The average Bonchev–Trinajstić information content (AvgIpc) is 3.21. The molecule has 2 heterocycles. The highest BCUT2D eigenvalue weighted by Crippen LogP contribution is 2.32. The highest BCUT2D eigenvalue weighted by atomic mass is 16.7. The number of hydrogen-bond donors (Lipinski definition) is 0. The maximum absolute atomic E-state index is 12.4. The normalized spacial score (nSPS) is 15.9. The fourth-order valence-corrected chi connectivity index (χ4v) is 3.35. The second-order valence-corrected chi connectivity index (χ2v) is 6.88. The zero-order valence-electron chi connectivity index (χ0n) is 15.8. The van der Waals surface area contributed by atoms with Crippen LogP contribution in [0.15, 0.2) is 42.5 Å². The maximum atomic E-state index is 12.4. The summed E-state index contributed by atoms with van der Waals surface area (Å²) in [5, 5.41) is 10.7. The molecule has 0 aliphatic carbocycles. The number of non-ortho nitro benzene ring substituents is 1. The van der Waals surface area contributed by atoms with E-state index in [0.29, 0.717) is 18.8 Å². The molecule has 0 N–H and O–H groups in total. The van der Waals surface area contributed by atoms with Crippen molar-refractivity contribution in [3.8, 4) is 17.2 Å². The quantitative estimate of drug-likeness (QED) is 0.542. The largest absolute Gasteiger partial charge is 0.484 e. The van der Waals surface area contributed by atoms with Gasteiger partial charge in [0.2, 0.25) is 6.79 Å². The molecule has 2 aliphatic heterocycles. The van der Waals surface area contributed by atoms with E-state index >= 15 is 0 Å². The molecule has 152 valence electrons. The van der Waals surface area contributed by atoms with Crippen molar-refractivity contribution in [2.75, 3.05) is 39.6 Å². The molecule has 1 fully saturated rings. The number of piperazine rings is 1. The van der Waals surface area contributed by atoms with Gasteiger partial charge in [0, 0.05) is 44.9 Å². The summed E-state index contributed by atoms with van der Waals surface area (Å²) >= 11 is 0. The Morgan fingerprint density at radius 2 is 1.76 bits per heavy atom. The van der Waals surface area contributed by atoms with E-state index < -0.39 is 4.92 Å². The number of carbonyl (C=O) groups excluding carboxylic acids is 1. The summed E-state index contributed by atoms with van der Waals surface area (Å²) in [5.41, 5.74) is 1.14. The van der Waals surface area contributed by atoms with Crippen molar-refractivity contribution in [1.82, 2.24) is 9.80 Å². The number of fused-ring (bicyclic) bond motifs is 1. The fourth-order valence-electron chi connectivity index (χ4n) is 3.35. The minimum atomic E-state index is -0.474. The van der Waals surface area contributed by atoms with Crippen LogP contribution in [0.3, 0.4) is 0 Å². The number of nitro benzene ring substituents is 1. The number of amides is 1. The van der Waals surface area contributed by atoms with Gasteiger partial charge in [-0.1, -0.05) is 6.07 Å². The van der Waals surface area contributed by atoms with E-state index in [0.717, 1.165) is 36.7 Å². The number of nitro groups is 1. The van der Waals surface area contributed by atoms with Gasteiger partial charge in [-0.05, 0) is 29.8 Å². The van der Waals surface area contributed by atoms with E-state index in [-0.39, 0.29) is 25.0 Å². The van der Waals surface area contributed by atoms with E-state index in [2.05, 4.69) is 4.90 Å². The molecule has 1 amide bonds. The minimum Gasteiger partial charge on any atom is -0.484 e. The molecule has 0 atom stereocenters. The molecule has 1 saturated heterocycles. The van der Waals surface area contributed by atoms with Gasteiger partial charge in [0.05, 0.1) is 4.92 Å². The SMILES string of the molecule is O=C(COc1ccc([N+](=O)[O-])cc1)N1CCN(Cc2ccc3c(c2)OCO3)CC1. The summed E-state index contributed by atoms with van der Waals surface area (Å²) < 4.78 is 16.2. The highest BCUT2D eigenvalue weighted by molar-refractivity contribution is 5.77. The van der Waals surface area contributed by atoms with Crippen molar-refractivity contribution in [3.05, 3.63) is 58.1 Å². The first-order valence-electron chi connectivity index (χ1n) is 9.34. The molecule has 0 spiro atoms. The smallest absolute Gasteiger partial charge is 0.269 e. The summed E-state index contributed by atoms with van der Waals surface area (Å²) in [6, 6.07) is 11.7. The van der Waals surface area contributed by atoms with Crippen LogP contribution < -0.4 is 14.2 Å². The molecule has 29 heavy (non-hydrogen) atoms. The zero-order valence-corrected chi connectivity index (χ0v) is 15.8. The predicted molar refractivity (Wildman–Crippen MR) is 103 cm³/mol. The Hall–Kier alpha value is -3.33. The molecule has 0 saturated carbocycles. The number of carbonyl (C=O) groups is 1. The van der Waals surface area contributed by atoms with Gasteiger partial charge >= 0.3 is 0 Å². The molecule has 0 aromatic heterocycles. The van der Waals surface area contributed by atoms with E-state index in [1.807, 2.05) is 18.2 Å². The first-order chi connectivity index (χ1) is 14.1. The van der Waals surface area contributed by atoms with Crippen LogP contribution in [0.5, 0.6) is 17.2 Å². The molecule has 9 nitrogen and oxygen atoms in total. The third kappa shape index (κ3) is 4.57. The van der Waals surface area contributed by atoms with Gasteiger partial charge in [0.1, 0.15) is 5.75 Å². The van der Waals surface area contributed by atoms with Crippen LogP contribution in [0.25, 0.3) is 0 Å². The van der Waals surface area contributed by atoms with Crippen LogP contribution >= 0.6 is 0 Å². The van der Waals surface area contributed by atoms with Crippen molar-refractivity contribution in [1.29, 1.82) is 0 Å². The minimum absolute atomic E-state index is 0.0118. The van der Waals surface area contributed by atoms with Gasteiger partial charge in [0.15, 0.2) is 18.1 Å². The molecule has 0 unspecified atom stereocenters. The lowest BCUT2D eigenvalue weighted by molar-refractivity contribution is -0.384.